The van der Waals surface area contributed by atoms with Crippen molar-refractivity contribution in [3.63, 3.8) is 0 Å². The Morgan fingerprint density at radius 1 is 1.21 bits per heavy atom. The fourth-order valence-corrected chi connectivity index (χ4v) is 3.42. The first-order valence-electron chi connectivity index (χ1n) is 8.66. The minimum absolute atomic E-state index is 0.0591. The van der Waals surface area contributed by atoms with E-state index in [-0.39, 0.29) is 5.91 Å². The quantitative estimate of drug-likeness (QED) is 0.873. The van der Waals surface area contributed by atoms with Crippen molar-refractivity contribution < 1.29 is 14.3 Å². The molecule has 0 spiro atoms. The molecule has 0 atom stereocenters. The van der Waals surface area contributed by atoms with Crippen molar-refractivity contribution in [3.8, 4) is 5.75 Å². The van der Waals surface area contributed by atoms with E-state index in [1.807, 2.05) is 38.1 Å². The number of pyridine rings is 1. The molecule has 0 saturated heterocycles. The van der Waals surface area contributed by atoms with Crippen LogP contribution in [0.2, 0.25) is 0 Å². The Morgan fingerprint density at radius 3 is 2.71 bits per heavy atom. The fourth-order valence-electron chi connectivity index (χ4n) is 3.42. The summed E-state index contributed by atoms with van der Waals surface area (Å²) in [5.41, 5.74) is 0.813. The van der Waals surface area contributed by atoms with E-state index < -0.39 is 5.60 Å². The zero-order valence-corrected chi connectivity index (χ0v) is 14.3. The van der Waals surface area contributed by atoms with E-state index in [4.69, 9.17) is 9.47 Å². The van der Waals surface area contributed by atoms with Gasteiger partial charge in [-0.15, -0.1) is 0 Å². The van der Waals surface area contributed by atoms with Crippen LogP contribution in [0.3, 0.4) is 0 Å². The molecule has 1 aliphatic rings. The lowest BCUT2D eigenvalue weighted by molar-refractivity contribution is -0.140. The number of anilines is 1. The lowest BCUT2D eigenvalue weighted by Gasteiger charge is -2.27. The summed E-state index contributed by atoms with van der Waals surface area (Å²) in [6.45, 7) is 4.99. The molecule has 1 aromatic carbocycles. The SMILES string of the molecule is CCOc1ccc(NC(=O)C2(OCC)CCCC2)c2cccnc12. The molecular weight excluding hydrogens is 304 g/mol. The number of hydrogen-bond donors (Lipinski definition) is 1. The van der Waals surface area contributed by atoms with Gasteiger partial charge in [0.1, 0.15) is 16.9 Å². The standard InChI is InChI=1S/C19H24N2O3/c1-3-23-16-10-9-15(14-8-7-13-20-17(14)16)21-18(22)19(24-4-2)11-5-6-12-19/h7-10,13H,3-6,11-12H2,1-2H3,(H,21,22). The Bertz CT molecular complexity index is 724. The molecule has 1 N–H and O–H groups in total. The number of nitrogens with one attached hydrogen (secondary N) is 1. The van der Waals surface area contributed by atoms with Crippen LogP contribution in [-0.4, -0.2) is 29.7 Å². The summed E-state index contributed by atoms with van der Waals surface area (Å²) >= 11 is 0. The van der Waals surface area contributed by atoms with Crippen molar-refractivity contribution >= 4 is 22.5 Å². The number of benzene rings is 1. The number of carbonyl (C=O) groups is 1. The highest BCUT2D eigenvalue weighted by atomic mass is 16.5. The number of aromatic nitrogens is 1. The second kappa shape index (κ2) is 7.18. The molecule has 1 amide bonds. The van der Waals surface area contributed by atoms with E-state index >= 15 is 0 Å². The maximum atomic E-state index is 12.9. The van der Waals surface area contributed by atoms with Crippen molar-refractivity contribution in [2.24, 2.45) is 0 Å². The molecule has 1 saturated carbocycles. The molecular formula is C19H24N2O3. The Morgan fingerprint density at radius 2 is 2.00 bits per heavy atom. The largest absolute Gasteiger partial charge is 0.492 e. The third-order valence-electron chi connectivity index (χ3n) is 4.53. The first kappa shape index (κ1) is 16.7. The lowest BCUT2D eigenvalue weighted by atomic mass is 10.0. The van der Waals surface area contributed by atoms with Gasteiger partial charge in [0, 0.05) is 18.2 Å². The van der Waals surface area contributed by atoms with Crippen LogP contribution in [0.1, 0.15) is 39.5 Å². The highest BCUT2D eigenvalue weighted by molar-refractivity contribution is 6.05. The third-order valence-corrected chi connectivity index (χ3v) is 4.53. The van der Waals surface area contributed by atoms with Crippen LogP contribution in [0.4, 0.5) is 5.69 Å². The molecule has 0 bridgehead atoms. The van der Waals surface area contributed by atoms with Crippen LogP contribution >= 0.6 is 0 Å². The van der Waals surface area contributed by atoms with Crippen LogP contribution in [0.5, 0.6) is 5.75 Å². The number of amides is 1. The van der Waals surface area contributed by atoms with E-state index in [0.717, 1.165) is 48.0 Å². The summed E-state index contributed by atoms with van der Waals surface area (Å²) in [6, 6.07) is 7.54. The van der Waals surface area contributed by atoms with Gasteiger partial charge in [0.05, 0.1) is 12.3 Å². The minimum atomic E-state index is -0.693. The Kier molecular flexibility index (Phi) is 5.00. The average Bonchev–Trinajstić information content (AvgIpc) is 3.07. The lowest BCUT2D eigenvalue weighted by Crippen LogP contribution is -2.43. The summed E-state index contributed by atoms with van der Waals surface area (Å²) < 4.78 is 11.5. The van der Waals surface area contributed by atoms with Crippen LogP contribution < -0.4 is 10.1 Å². The molecule has 5 heteroatoms. The van der Waals surface area contributed by atoms with Gasteiger partial charge in [0.15, 0.2) is 0 Å². The number of ether oxygens (including phenoxy) is 2. The number of hydrogen-bond acceptors (Lipinski definition) is 4. The van der Waals surface area contributed by atoms with Crippen molar-refractivity contribution in [1.29, 1.82) is 0 Å². The highest BCUT2D eigenvalue weighted by Crippen LogP contribution is 2.36. The smallest absolute Gasteiger partial charge is 0.256 e. The summed E-state index contributed by atoms with van der Waals surface area (Å²) in [7, 11) is 0. The zero-order chi connectivity index (χ0) is 17.0. The maximum Gasteiger partial charge on any atom is 0.256 e. The second-order valence-corrected chi connectivity index (χ2v) is 6.03. The molecule has 0 aliphatic heterocycles. The van der Waals surface area contributed by atoms with E-state index in [2.05, 4.69) is 10.3 Å². The summed E-state index contributed by atoms with van der Waals surface area (Å²) in [4.78, 5) is 17.3. The van der Waals surface area contributed by atoms with E-state index in [0.29, 0.717) is 13.2 Å². The fraction of sp³-hybridized carbons (Fsp3) is 0.474. The minimum Gasteiger partial charge on any atom is -0.492 e. The van der Waals surface area contributed by atoms with Gasteiger partial charge in [-0.2, -0.15) is 0 Å². The second-order valence-electron chi connectivity index (χ2n) is 6.03. The van der Waals surface area contributed by atoms with Gasteiger partial charge in [-0.1, -0.05) is 0 Å². The van der Waals surface area contributed by atoms with Crippen LogP contribution in [-0.2, 0) is 9.53 Å². The molecule has 3 rings (SSSR count). The van der Waals surface area contributed by atoms with E-state index in [9.17, 15) is 4.79 Å². The number of rotatable bonds is 6. The number of fused-ring (bicyclic) bond motifs is 1. The Hall–Kier alpha value is -2.14. The van der Waals surface area contributed by atoms with Crippen molar-refractivity contribution in [3.05, 3.63) is 30.5 Å². The van der Waals surface area contributed by atoms with Crippen molar-refractivity contribution in [2.75, 3.05) is 18.5 Å². The van der Waals surface area contributed by atoms with Crippen LogP contribution in [0.15, 0.2) is 30.5 Å². The molecule has 1 aliphatic carbocycles. The molecule has 24 heavy (non-hydrogen) atoms. The molecule has 1 aromatic heterocycles. The first-order chi connectivity index (χ1) is 11.7. The molecule has 1 fully saturated rings. The topological polar surface area (TPSA) is 60.5 Å². The van der Waals surface area contributed by atoms with Gasteiger partial charge in [-0.3, -0.25) is 9.78 Å². The average molecular weight is 328 g/mol. The van der Waals surface area contributed by atoms with E-state index in [1.165, 1.54) is 0 Å². The number of nitrogens with zero attached hydrogens (tertiary/aromatic N) is 1. The van der Waals surface area contributed by atoms with Crippen molar-refractivity contribution in [2.45, 2.75) is 45.1 Å². The van der Waals surface area contributed by atoms with Gasteiger partial charge in [0.2, 0.25) is 0 Å². The molecule has 2 aromatic rings. The monoisotopic (exact) mass is 328 g/mol. The predicted octanol–water partition coefficient (Wildman–Crippen LogP) is 3.92. The van der Waals surface area contributed by atoms with E-state index in [1.54, 1.807) is 6.20 Å². The maximum absolute atomic E-state index is 12.9. The number of carbonyl (C=O) groups excluding carboxylic acids is 1. The Labute approximate surface area is 142 Å². The van der Waals surface area contributed by atoms with Gasteiger partial charge in [-0.05, 0) is 63.8 Å². The van der Waals surface area contributed by atoms with Crippen molar-refractivity contribution in [1.82, 2.24) is 4.98 Å². The zero-order valence-electron chi connectivity index (χ0n) is 14.3. The third kappa shape index (κ3) is 3.08. The normalized spacial score (nSPS) is 16.2. The van der Waals surface area contributed by atoms with Crippen LogP contribution in [0.25, 0.3) is 10.9 Å². The predicted molar refractivity (Wildman–Crippen MR) is 94.4 cm³/mol. The molecule has 5 nitrogen and oxygen atoms in total. The summed E-state index contributed by atoms with van der Waals surface area (Å²) in [5.74, 6) is 0.669. The molecule has 0 radical (unpaired) electrons. The Balaban J connectivity index is 1.92. The van der Waals surface area contributed by atoms with Gasteiger partial charge < -0.3 is 14.8 Å². The van der Waals surface area contributed by atoms with Gasteiger partial charge in [0.25, 0.3) is 5.91 Å². The van der Waals surface area contributed by atoms with Gasteiger partial charge in [-0.25, -0.2) is 0 Å². The molecule has 0 unspecified atom stereocenters. The highest BCUT2D eigenvalue weighted by Gasteiger charge is 2.42. The first-order valence-corrected chi connectivity index (χ1v) is 8.66. The summed E-state index contributed by atoms with van der Waals surface area (Å²) in [6.07, 6.45) is 5.34. The van der Waals surface area contributed by atoms with Crippen LogP contribution in [0, 0.1) is 0 Å². The van der Waals surface area contributed by atoms with Gasteiger partial charge >= 0.3 is 0 Å². The molecule has 1 heterocycles. The molecule has 128 valence electrons. The summed E-state index contributed by atoms with van der Waals surface area (Å²) in [5, 5.41) is 3.94.